The van der Waals surface area contributed by atoms with E-state index >= 15 is 0 Å². The second-order valence-corrected chi connectivity index (χ2v) is 4.13. The predicted octanol–water partition coefficient (Wildman–Crippen LogP) is 2.52. The highest BCUT2D eigenvalue weighted by Crippen LogP contribution is 2.37. The lowest BCUT2D eigenvalue weighted by atomic mass is 9.95. The van der Waals surface area contributed by atoms with Crippen molar-refractivity contribution in [3.63, 3.8) is 0 Å². The number of methoxy groups -OCH3 is 1. The van der Waals surface area contributed by atoms with Gasteiger partial charge in [-0.05, 0) is 19.5 Å². The first-order valence-corrected chi connectivity index (χ1v) is 5.80. The first-order chi connectivity index (χ1) is 7.78. The van der Waals surface area contributed by atoms with Crippen molar-refractivity contribution >= 4 is 0 Å². The van der Waals surface area contributed by atoms with Crippen LogP contribution in [0.5, 0.6) is 11.5 Å². The molecule has 88 valence electrons. The molecule has 0 spiro atoms. The van der Waals surface area contributed by atoms with Gasteiger partial charge in [0.2, 0.25) is 0 Å². The van der Waals surface area contributed by atoms with Gasteiger partial charge >= 0.3 is 0 Å². The van der Waals surface area contributed by atoms with Crippen LogP contribution in [0.25, 0.3) is 0 Å². The Morgan fingerprint density at radius 3 is 2.94 bits per heavy atom. The maximum atomic E-state index is 5.94. The topological polar surface area (TPSA) is 30.5 Å². The van der Waals surface area contributed by atoms with E-state index in [2.05, 4.69) is 18.3 Å². The number of nitrogens with one attached hydrogen (secondary N) is 1. The van der Waals surface area contributed by atoms with Gasteiger partial charge in [0.1, 0.15) is 17.6 Å². The maximum absolute atomic E-state index is 5.94. The highest BCUT2D eigenvalue weighted by atomic mass is 16.5. The maximum Gasteiger partial charge on any atom is 0.128 e. The van der Waals surface area contributed by atoms with E-state index in [1.54, 1.807) is 7.11 Å². The summed E-state index contributed by atoms with van der Waals surface area (Å²) in [6, 6.07) is 6.43. The van der Waals surface area contributed by atoms with Crippen LogP contribution >= 0.6 is 0 Å². The van der Waals surface area contributed by atoms with Gasteiger partial charge in [-0.15, -0.1) is 0 Å². The normalized spacial score (nSPS) is 23.4. The van der Waals surface area contributed by atoms with E-state index in [4.69, 9.17) is 9.47 Å². The summed E-state index contributed by atoms with van der Waals surface area (Å²) in [6.07, 6.45) is 2.37. The molecule has 1 aliphatic rings. The summed E-state index contributed by atoms with van der Waals surface area (Å²) in [5.74, 6) is 1.81. The second kappa shape index (κ2) is 4.74. The molecule has 2 rings (SSSR count). The van der Waals surface area contributed by atoms with E-state index in [0.29, 0.717) is 12.1 Å². The Labute approximate surface area is 96.8 Å². The summed E-state index contributed by atoms with van der Waals surface area (Å²) in [5.41, 5.74) is 1.23. The van der Waals surface area contributed by atoms with Crippen molar-refractivity contribution in [2.45, 2.75) is 31.9 Å². The van der Waals surface area contributed by atoms with Gasteiger partial charge in [-0.25, -0.2) is 0 Å². The van der Waals surface area contributed by atoms with Gasteiger partial charge in [0.05, 0.1) is 7.11 Å². The summed E-state index contributed by atoms with van der Waals surface area (Å²) >= 11 is 0. The van der Waals surface area contributed by atoms with Crippen molar-refractivity contribution in [1.82, 2.24) is 5.32 Å². The Balaban J connectivity index is 2.33. The average Bonchev–Trinajstić information content (AvgIpc) is 2.36. The van der Waals surface area contributed by atoms with Gasteiger partial charge in [-0.3, -0.25) is 0 Å². The number of hydrogen-bond donors (Lipinski definition) is 1. The quantitative estimate of drug-likeness (QED) is 0.850. The molecular formula is C13H19NO2. The fourth-order valence-corrected chi connectivity index (χ4v) is 2.17. The van der Waals surface area contributed by atoms with Gasteiger partial charge in [-0.1, -0.05) is 13.0 Å². The highest BCUT2D eigenvalue weighted by Gasteiger charge is 2.26. The van der Waals surface area contributed by atoms with Crippen molar-refractivity contribution in [2.24, 2.45) is 0 Å². The summed E-state index contributed by atoms with van der Waals surface area (Å²) in [6.45, 7) is 2.16. The van der Waals surface area contributed by atoms with Crippen molar-refractivity contribution < 1.29 is 9.47 Å². The Morgan fingerprint density at radius 1 is 1.50 bits per heavy atom. The molecule has 2 atom stereocenters. The van der Waals surface area contributed by atoms with E-state index in [-0.39, 0.29) is 0 Å². The molecule has 1 N–H and O–H groups in total. The van der Waals surface area contributed by atoms with E-state index < -0.39 is 0 Å². The molecule has 16 heavy (non-hydrogen) atoms. The number of benzene rings is 1. The van der Waals surface area contributed by atoms with Crippen LogP contribution in [0.1, 0.15) is 31.4 Å². The van der Waals surface area contributed by atoms with Crippen LogP contribution in [0.15, 0.2) is 18.2 Å². The molecule has 0 saturated carbocycles. The smallest absolute Gasteiger partial charge is 0.128 e. The summed E-state index contributed by atoms with van der Waals surface area (Å²) in [5, 5.41) is 3.34. The van der Waals surface area contributed by atoms with Crippen molar-refractivity contribution in [3.8, 4) is 11.5 Å². The van der Waals surface area contributed by atoms with Crippen LogP contribution in [-0.4, -0.2) is 20.3 Å². The Hall–Kier alpha value is -1.22. The lowest BCUT2D eigenvalue weighted by Gasteiger charge is -2.31. The molecule has 0 aliphatic carbocycles. The van der Waals surface area contributed by atoms with Crippen LogP contribution in [0.3, 0.4) is 0 Å². The monoisotopic (exact) mass is 221 g/mol. The zero-order valence-corrected chi connectivity index (χ0v) is 10.1. The van der Waals surface area contributed by atoms with E-state index in [1.165, 1.54) is 5.56 Å². The standard InChI is InChI=1S/C13H19NO2/c1-4-9-7-12(14-2)11-6-5-10(15-3)8-13(11)16-9/h5-6,8-9,12,14H,4,7H2,1-3H3. The van der Waals surface area contributed by atoms with Crippen LogP contribution in [0, 0.1) is 0 Å². The van der Waals surface area contributed by atoms with Gasteiger partial charge < -0.3 is 14.8 Å². The van der Waals surface area contributed by atoms with Gasteiger partial charge in [-0.2, -0.15) is 0 Å². The zero-order chi connectivity index (χ0) is 11.5. The zero-order valence-electron chi connectivity index (χ0n) is 10.1. The third kappa shape index (κ3) is 2.00. The third-order valence-electron chi connectivity index (χ3n) is 3.19. The van der Waals surface area contributed by atoms with Gasteiger partial charge in [0.25, 0.3) is 0 Å². The van der Waals surface area contributed by atoms with Gasteiger partial charge in [0, 0.05) is 24.1 Å². The second-order valence-electron chi connectivity index (χ2n) is 4.13. The Kier molecular flexibility index (Phi) is 3.34. The van der Waals surface area contributed by atoms with Crippen LogP contribution in [0.4, 0.5) is 0 Å². The third-order valence-corrected chi connectivity index (χ3v) is 3.19. The summed E-state index contributed by atoms with van der Waals surface area (Å²) in [7, 11) is 3.67. The molecule has 0 aromatic heterocycles. The lowest BCUT2D eigenvalue weighted by Crippen LogP contribution is -2.30. The van der Waals surface area contributed by atoms with Crippen LogP contribution in [0.2, 0.25) is 0 Å². The molecule has 1 aromatic carbocycles. The molecule has 0 fully saturated rings. The minimum atomic E-state index is 0.303. The predicted molar refractivity (Wildman–Crippen MR) is 64.1 cm³/mol. The Bertz CT molecular complexity index is 365. The van der Waals surface area contributed by atoms with Gasteiger partial charge in [0.15, 0.2) is 0 Å². The van der Waals surface area contributed by atoms with E-state index in [1.807, 2.05) is 19.2 Å². The summed E-state index contributed by atoms with van der Waals surface area (Å²) < 4.78 is 11.2. The number of fused-ring (bicyclic) bond motifs is 1. The van der Waals surface area contributed by atoms with Crippen molar-refractivity contribution in [1.29, 1.82) is 0 Å². The molecule has 2 unspecified atom stereocenters. The first-order valence-electron chi connectivity index (χ1n) is 5.80. The molecular weight excluding hydrogens is 202 g/mol. The summed E-state index contributed by atoms with van der Waals surface area (Å²) in [4.78, 5) is 0. The number of hydrogen-bond acceptors (Lipinski definition) is 3. The fourth-order valence-electron chi connectivity index (χ4n) is 2.17. The molecule has 0 saturated heterocycles. The first kappa shape index (κ1) is 11.3. The molecule has 0 radical (unpaired) electrons. The largest absolute Gasteiger partial charge is 0.497 e. The number of ether oxygens (including phenoxy) is 2. The fraction of sp³-hybridized carbons (Fsp3) is 0.538. The lowest BCUT2D eigenvalue weighted by molar-refractivity contribution is 0.147. The van der Waals surface area contributed by atoms with Crippen LogP contribution in [-0.2, 0) is 0 Å². The van der Waals surface area contributed by atoms with Crippen molar-refractivity contribution in [3.05, 3.63) is 23.8 Å². The minimum Gasteiger partial charge on any atom is -0.497 e. The molecule has 0 bridgehead atoms. The highest BCUT2D eigenvalue weighted by molar-refractivity contribution is 5.43. The molecule has 1 aliphatic heterocycles. The average molecular weight is 221 g/mol. The van der Waals surface area contributed by atoms with E-state index in [9.17, 15) is 0 Å². The molecule has 1 heterocycles. The minimum absolute atomic E-state index is 0.303. The molecule has 0 amide bonds. The Morgan fingerprint density at radius 2 is 2.31 bits per heavy atom. The van der Waals surface area contributed by atoms with E-state index in [0.717, 1.165) is 24.3 Å². The molecule has 3 nitrogen and oxygen atoms in total. The van der Waals surface area contributed by atoms with Crippen LogP contribution < -0.4 is 14.8 Å². The molecule has 3 heteroatoms. The number of rotatable bonds is 3. The molecule has 1 aromatic rings. The van der Waals surface area contributed by atoms with Crippen molar-refractivity contribution in [2.75, 3.05) is 14.2 Å². The SMILES string of the molecule is CCC1CC(NC)c2ccc(OC)cc2O1.